The molecular formula is C19H24F2N2O4. The molecule has 0 radical (unpaired) electrons. The summed E-state index contributed by atoms with van der Waals surface area (Å²) in [5.41, 5.74) is -0.137. The summed E-state index contributed by atoms with van der Waals surface area (Å²) >= 11 is 0. The van der Waals surface area contributed by atoms with Crippen molar-refractivity contribution in [3.63, 3.8) is 0 Å². The first-order chi connectivity index (χ1) is 12.9. The van der Waals surface area contributed by atoms with Gasteiger partial charge in [0.15, 0.2) is 11.5 Å². The Morgan fingerprint density at radius 1 is 1.37 bits per heavy atom. The van der Waals surface area contributed by atoms with Crippen LogP contribution in [-0.2, 0) is 10.3 Å². The van der Waals surface area contributed by atoms with Crippen molar-refractivity contribution in [1.82, 2.24) is 4.90 Å². The van der Waals surface area contributed by atoms with Crippen LogP contribution in [0.5, 0.6) is 11.5 Å². The number of alkyl halides is 2. The lowest BCUT2D eigenvalue weighted by atomic mass is 9.81. The smallest absolute Gasteiger partial charge is 0.387 e. The van der Waals surface area contributed by atoms with E-state index in [0.29, 0.717) is 38.1 Å². The van der Waals surface area contributed by atoms with Crippen LogP contribution in [0, 0.1) is 6.57 Å². The molecule has 0 amide bonds. The van der Waals surface area contributed by atoms with Gasteiger partial charge in [0.2, 0.25) is 0 Å². The highest BCUT2D eigenvalue weighted by molar-refractivity contribution is 5.69. The molecule has 2 rings (SSSR count). The van der Waals surface area contributed by atoms with Gasteiger partial charge in [-0.2, -0.15) is 8.78 Å². The fourth-order valence-corrected chi connectivity index (χ4v) is 3.17. The molecule has 0 spiro atoms. The maximum Gasteiger partial charge on any atom is 0.387 e. The topological polar surface area (TPSA) is 63.4 Å². The second kappa shape index (κ2) is 9.51. The fourth-order valence-electron chi connectivity index (χ4n) is 3.17. The van der Waals surface area contributed by atoms with Crippen molar-refractivity contribution in [2.75, 3.05) is 26.2 Å². The van der Waals surface area contributed by atoms with Gasteiger partial charge < -0.3 is 19.4 Å². The first kappa shape index (κ1) is 20.9. The van der Waals surface area contributed by atoms with Crippen LogP contribution in [0.1, 0.15) is 38.2 Å². The Hall–Kier alpha value is -2.40. The molecule has 1 heterocycles. The van der Waals surface area contributed by atoms with Crippen molar-refractivity contribution in [3.05, 3.63) is 35.2 Å². The number of likely N-dealkylation sites (tertiary alicyclic amines) is 1. The second-order valence-corrected chi connectivity index (χ2v) is 6.56. The Balaban J connectivity index is 2.23. The van der Waals surface area contributed by atoms with E-state index in [9.17, 15) is 13.6 Å². The summed E-state index contributed by atoms with van der Waals surface area (Å²) in [7, 11) is 0. The number of hydrogen-bond donors (Lipinski definition) is 1. The predicted molar refractivity (Wildman–Crippen MR) is 95.1 cm³/mol. The Morgan fingerprint density at radius 2 is 2.07 bits per heavy atom. The number of rotatable bonds is 9. The molecule has 27 heavy (non-hydrogen) atoms. The van der Waals surface area contributed by atoms with E-state index in [-0.39, 0.29) is 18.0 Å². The molecule has 1 aromatic carbocycles. The standard InChI is InChI=1S/C19H24F2N2O4/c1-3-4-11-26-16-12-14(5-6-15(16)27-18(20)21)19(22-2)7-9-23(10-8-19)13-17(24)25/h5-6,12,18H,3-4,7-11,13H2,1H3,(H,24,25). The zero-order chi connectivity index (χ0) is 19.9. The van der Waals surface area contributed by atoms with Crippen molar-refractivity contribution >= 4 is 5.97 Å². The molecule has 0 aromatic heterocycles. The molecule has 1 fully saturated rings. The Bertz CT molecular complexity index is 683. The van der Waals surface area contributed by atoms with Gasteiger partial charge in [-0.3, -0.25) is 9.69 Å². The third-order valence-corrected chi connectivity index (χ3v) is 4.71. The third-order valence-electron chi connectivity index (χ3n) is 4.71. The number of unbranched alkanes of at least 4 members (excludes halogenated alkanes) is 1. The molecule has 1 saturated heterocycles. The van der Waals surface area contributed by atoms with Crippen molar-refractivity contribution in [2.45, 2.75) is 44.8 Å². The van der Waals surface area contributed by atoms with E-state index < -0.39 is 18.1 Å². The van der Waals surface area contributed by atoms with Gasteiger partial charge in [0.1, 0.15) is 0 Å². The number of aliphatic carboxylic acids is 1. The molecule has 0 aliphatic carbocycles. The fraction of sp³-hybridized carbons (Fsp3) is 0.579. The summed E-state index contributed by atoms with van der Waals surface area (Å²) in [6, 6.07) is 4.65. The van der Waals surface area contributed by atoms with E-state index in [2.05, 4.69) is 9.58 Å². The molecule has 1 N–H and O–H groups in total. The molecule has 1 aliphatic rings. The molecule has 0 unspecified atom stereocenters. The van der Waals surface area contributed by atoms with E-state index in [0.717, 1.165) is 12.8 Å². The molecule has 6 nitrogen and oxygen atoms in total. The lowest BCUT2D eigenvalue weighted by Gasteiger charge is -2.33. The average Bonchev–Trinajstić information content (AvgIpc) is 2.63. The predicted octanol–water partition coefficient (Wildman–Crippen LogP) is 3.76. The lowest BCUT2D eigenvalue weighted by Crippen LogP contribution is -2.43. The van der Waals surface area contributed by atoms with Gasteiger partial charge in [-0.15, -0.1) is 0 Å². The van der Waals surface area contributed by atoms with Gasteiger partial charge in [0, 0.05) is 31.5 Å². The van der Waals surface area contributed by atoms with Gasteiger partial charge in [-0.25, -0.2) is 6.57 Å². The number of ether oxygens (including phenoxy) is 2. The van der Waals surface area contributed by atoms with E-state index in [1.807, 2.05) is 6.92 Å². The minimum atomic E-state index is -2.96. The van der Waals surface area contributed by atoms with Crippen LogP contribution < -0.4 is 9.47 Å². The highest BCUT2D eigenvalue weighted by Crippen LogP contribution is 2.41. The zero-order valence-electron chi connectivity index (χ0n) is 15.3. The number of hydrogen-bond acceptors (Lipinski definition) is 4. The Morgan fingerprint density at radius 3 is 2.63 bits per heavy atom. The molecular weight excluding hydrogens is 358 g/mol. The highest BCUT2D eigenvalue weighted by atomic mass is 19.3. The van der Waals surface area contributed by atoms with Gasteiger partial charge in [0.25, 0.3) is 5.54 Å². The van der Waals surface area contributed by atoms with Crippen LogP contribution in [0.15, 0.2) is 18.2 Å². The molecule has 8 heteroatoms. The van der Waals surface area contributed by atoms with Crippen molar-refractivity contribution in [1.29, 1.82) is 0 Å². The summed E-state index contributed by atoms with van der Waals surface area (Å²) in [4.78, 5) is 16.5. The number of piperidine rings is 1. The number of nitrogens with zero attached hydrogens (tertiary/aromatic N) is 2. The first-order valence-corrected chi connectivity index (χ1v) is 8.95. The SMILES string of the molecule is [C-]#[N+]C1(c2ccc(OC(F)F)c(OCCCC)c2)CCN(CC(=O)O)CC1. The van der Waals surface area contributed by atoms with E-state index in [1.165, 1.54) is 6.07 Å². The molecule has 1 aromatic rings. The van der Waals surface area contributed by atoms with E-state index in [4.69, 9.17) is 16.4 Å². The largest absolute Gasteiger partial charge is 0.490 e. The summed E-state index contributed by atoms with van der Waals surface area (Å²) in [6.07, 6.45) is 2.60. The van der Waals surface area contributed by atoms with Crippen LogP contribution >= 0.6 is 0 Å². The van der Waals surface area contributed by atoms with Gasteiger partial charge >= 0.3 is 12.6 Å². The molecule has 148 valence electrons. The Kier molecular flexibility index (Phi) is 7.36. The maximum absolute atomic E-state index is 12.7. The number of carboxylic acids is 1. The molecule has 1 aliphatic heterocycles. The number of halogens is 2. The van der Waals surface area contributed by atoms with Crippen LogP contribution in [0.25, 0.3) is 4.85 Å². The monoisotopic (exact) mass is 382 g/mol. The quantitative estimate of drug-likeness (QED) is 0.520. The highest BCUT2D eigenvalue weighted by Gasteiger charge is 2.43. The molecule has 0 bridgehead atoms. The van der Waals surface area contributed by atoms with Crippen LogP contribution in [0.3, 0.4) is 0 Å². The van der Waals surface area contributed by atoms with Crippen molar-refractivity contribution in [3.8, 4) is 11.5 Å². The number of benzene rings is 1. The number of carboxylic acid groups (broad SMARTS) is 1. The van der Waals surface area contributed by atoms with Crippen LogP contribution in [0.2, 0.25) is 0 Å². The lowest BCUT2D eigenvalue weighted by molar-refractivity contribution is -0.138. The van der Waals surface area contributed by atoms with E-state index >= 15 is 0 Å². The van der Waals surface area contributed by atoms with Crippen molar-refractivity contribution in [2.24, 2.45) is 0 Å². The molecule has 0 saturated carbocycles. The number of carbonyl (C=O) groups is 1. The summed E-state index contributed by atoms with van der Waals surface area (Å²) < 4.78 is 35.5. The van der Waals surface area contributed by atoms with Gasteiger partial charge in [0.05, 0.1) is 13.2 Å². The van der Waals surface area contributed by atoms with E-state index in [1.54, 1.807) is 17.0 Å². The van der Waals surface area contributed by atoms with Gasteiger partial charge in [-0.1, -0.05) is 13.3 Å². The van der Waals surface area contributed by atoms with Crippen LogP contribution in [-0.4, -0.2) is 48.8 Å². The van der Waals surface area contributed by atoms with Crippen molar-refractivity contribution < 1.29 is 28.2 Å². The summed E-state index contributed by atoms with van der Waals surface area (Å²) in [6.45, 7) is 8.01. The zero-order valence-corrected chi connectivity index (χ0v) is 15.3. The Labute approximate surface area is 157 Å². The summed E-state index contributed by atoms with van der Waals surface area (Å²) in [5.74, 6) is -0.740. The minimum absolute atomic E-state index is 0.0479. The first-order valence-electron chi connectivity index (χ1n) is 8.95. The maximum atomic E-state index is 12.7. The normalized spacial score (nSPS) is 16.7. The molecule has 0 atom stereocenters. The van der Waals surface area contributed by atoms with Gasteiger partial charge in [-0.05, 0) is 24.6 Å². The minimum Gasteiger partial charge on any atom is -0.490 e. The average molecular weight is 382 g/mol. The van der Waals surface area contributed by atoms with Crippen LogP contribution in [0.4, 0.5) is 8.78 Å². The second-order valence-electron chi connectivity index (χ2n) is 6.56. The third kappa shape index (κ3) is 5.54. The summed E-state index contributed by atoms with van der Waals surface area (Å²) in [5, 5.41) is 8.92.